The van der Waals surface area contributed by atoms with Gasteiger partial charge in [-0.15, -0.1) is 0 Å². The molecule has 1 aromatic heterocycles. The monoisotopic (exact) mass is 205 g/mol. The Kier molecular flexibility index (Phi) is 2.82. The van der Waals surface area contributed by atoms with Gasteiger partial charge in [0.1, 0.15) is 0 Å². The summed E-state index contributed by atoms with van der Waals surface area (Å²) in [5.74, 6) is 2.29. The number of benzene rings is 1. The molecule has 0 saturated heterocycles. The highest BCUT2D eigenvalue weighted by atomic mass is 32.2. The number of aromatic nitrogens is 1. The molecule has 14 heavy (non-hydrogen) atoms. The van der Waals surface area contributed by atoms with Crippen LogP contribution in [0.4, 0.5) is 0 Å². The number of hydrogen-bond donors (Lipinski definition) is 0. The summed E-state index contributed by atoms with van der Waals surface area (Å²) >= 11 is 1.97. The van der Waals surface area contributed by atoms with E-state index in [-0.39, 0.29) is 0 Å². The summed E-state index contributed by atoms with van der Waals surface area (Å²) < 4.78 is 2.29. The molecule has 2 aromatic rings. The highest BCUT2D eigenvalue weighted by Gasteiger charge is 2.03. The molecule has 0 fully saturated rings. The Morgan fingerprint density at radius 1 is 1.29 bits per heavy atom. The summed E-state index contributed by atoms with van der Waals surface area (Å²) in [5, 5.41) is 1.35. The van der Waals surface area contributed by atoms with E-state index in [9.17, 15) is 0 Å². The molecule has 1 aromatic carbocycles. The fourth-order valence-electron chi connectivity index (χ4n) is 1.69. The van der Waals surface area contributed by atoms with Gasteiger partial charge in [-0.25, -0.2) is 0 Å². The Morgan fingerprint density at radius 3 is 2.79 bits per heavy atom. The molecule has 0 N–H and O–H groups in total. The van der Waals surface area contributed by atoms with E-state index in [1.165, 1.54) is 22.3 Å². The topological polar surface area (TPSA) is 4.93 Å². The summed E-state index contributed by atoms with van der Waals surface area (Å²) in [4.78, 5) is 0. The van der Waals surface area contributed by atoms with E-state index in [0.29, 0.717) is 0 Å². The van der Waals surface area contributed by atoms with E-state index in [4.69, 9.17) is 0 Å². The second-order valence-electron chi connectivity index (χ2n) is 3.39. The van der Waals surface area contributed by atoms with Crippen molar-refractivity contribution in [2.24, 2.45) is 7.05 Å². The molecule has 1 heterocycles. The van der Waals surface area contributed by atoms with Crippen molar-refractivity contribution in [2.45, 2.75) is 12.7 Å². The fourth-order valence-corrected chi connectivity index (χ4v) is 2.38. The highest BCUT2D eigenvalue weighted by molar-refractivity contribution is 7.98. The maximum Gasteiger partial charge on any atom is 0.0480 e. The fraction of sp³-hybridized carbons (Fsp3) is 0.333. The first-order valence-electron chi connectivity index (χ1n) is 4.94. The molecule has 0 aliphatic carbocycles. The molecule has 0 bridgehead atoms. The van der Waals surface area contributed by atoms with Crippen LogP contribution in [0.2, 0.25) is 0 Å². The normalized spacial score (nSPS) is 11.0. The molecule has 74 valence electrons. The van der Waals surface area contributed by atoms with Crippen molar-refractivity contribution >= 4 is 22.7 Å². The first-order valence-corrected chi connectivity index (χ1v) is 6.09. The van der Waals surface area contributed by atoms with Crippen LogP contribution >= 0.6 is 11.8 Å². The Balaban J connectivity index is 2.41. The largest absolute Gasteiger partial charge is 0.347 e. The first-order chi connectivity index (χ1) is 6.83. The standard InChI is InChI=1S/C12H15NS/c1-3-14-9-11-8-10-6-4-5-7-12(10)13(11)2/h4-8H,3,9H2,1-2H3. The SMILES string of the molecule is CCSCc1cc2ccccc2n1C. The van der Waals surface area contributed by atoms with E-state index in [0.717, 1.165) is 5.75 Å². The molecule has 0 saturated carbocycles. The van der Waals surface area contributed by atoms with E-state index in [2.05, 4.69) is 48.9 Å². The third kappa shape index (κ3) is 1.67. The van der Waals surface area contributed by atoms with Crippen LogP contribution in [0, 0.1) is 0 Å². The Bertz CT molecular complexity index is 431. The van der Waals surface area contributed by atoms with E-state index >= 15 is 0 Å². The van der Waals surface area contributed by atoms with Crippen LogP contribution in [-0.4, -0.2) is 10.3 Å². The van der Waals surface area contributed by atoms with Crippen LogP contribution in [0.1, 0.15) is 12.6 Å². The minimum Gasteiger partial charge on any atom is -0.347 e. The average Bonchev–Trinajstić information content (AvgIpc) is 2.54. The maximum absolute atomic E-state index is 2.29. The average molecular weight is 205 g/mol. The number of hydrogen-bond acceptors (Lipinski definition) is 1. The predicted octanol–water partition coefficient (Wildman–Crippen LogP) is 3.43. The van der Waals surface area contributed by atoms with Crippen LogP contribution in [0.15, 0.2) is 30.3 Å². The highest BCUT2D eigenvalue weighted by Crippen LogP contribution is 2.21. The van der Waals surface area contributed by atoms with Gasteiger partial charge in [-0.05, 0) is 23.3 Å². The third-order valence-corrected chi connectivity index (χ3v) is 3.41. The summed E-state index contributed by atoms with van der Waals surface area (Å²) in [7, 11) is 2.15. The van der Waals surface area contributed by atoms with Crippen LogP contribution in [0.3, 0.4) is 0 Å². The smallest absolute Gasteiger partial charge is 0.0480 e. The van der Waals surface area contributed by atoms with Gasteiger partial charge in [0, 0.05) is 24.0 Å². The summed E-state index contributed by atoms with van der Waals surface area (Å²) in [6.45, 7) is 2.20. The molecule has 0 unspecified atom stereocenters. The molecule has 0 radical (unpaired) electrons. The number of nitrogens with zero attached hydrogens (tertiary/aromatic N) is 1. The van der Waals surface area contributed by atoms with Gasteiger partial charge in [0.25, 0.3) is 0 Å². The summed E-state index contributed by atoms with van der Waals surface area (Å²) in [5.41, 5.74) is 2.75. The van der Waals surface area contributed by atoms with Gasteiger partial charge in [0.15, 0.2) is 0 Å². The molecule has 0 spiro atoms. The lowest BCUT2D eigenvalue weighted by Crippen LogP contribution is -1.93. The van der Waals surface area contributed by atoms with Crippen molar-refractivity contribution in [3.63, 3.8) is 0 Å². The van der Waals surface area contributed by atoms with Crippen LogP contribution < -0.4 is 0 Å². The molecular formula is C12H15NS. The van der Waals surface area contributed by atoms with E-state index in [1.807, 2.05) is 11.8 Å². The number of thioether (sulfide) groups is 1. The van der Waals surface area contributed by atoms with E-state index < -0.39 is 0 Å². The molecule has 0 aliphatic rings. The Morgan fingerprint density at radius 2 is 2.07 bits per heavy atom. The van der Waals surface area contributed by atoms with Crippen molar-refractivity contribution in [2.75, 3.05) is 5.75 Å². The van der Waals surface area contributed by atoms with Gasteiger partial charge in [0.05, 0.1) is 0 Å². The maximum atomic E-state index is 2.29. The molecule has 0 atom stereocenters. The molecule has 0 amide bonds. The van der Waals surface area contributed by atoms with Gasteiger partial charge in [-0.2, -0.15) is 11.8 Å². The molecule has 2 rings (SSSR count). The summed E-state index contributed by atoms with van der Waals surface area (Å²) in [6.07, 6.45) is 0. The number of fused-ring (bicyclic) bond motifs is 1. The third-order valence-electron chi connectivity index (χ3n) is 2.51. The second-order valence-corrected chi connectivity index (χ2v) is 4.66. The lowest BCUT2D eigenvalue weighted by atomic mass is 10.2. The molecular weight excluding hydrogens is 190 g/mol. The zero-order valence-corrected chi connectivity index (χ0v) is 9.47. The van der Waals surface area contributed by atoms with Crippen molar-refractivity contribution in [3.8, 4) is 0 Å². The quantitative estimate of drug-likeness (QED) is 0.743. The van der Waals surface area contributed by atoms with Gasteiger partial charge in [-0.1, -0.05) is 25.1 Å². The molecule has 1 nitrogen and oxygen atoms in total. The predicted molar refractivity (Wildman–Crippen MR) is 64.8 cm³/mol. The molecule has 2 heteroatoms. The minimum absolute atomic E-state index is 1.11. The van der Waals surface area contributed by atoms with Gasteiger partial charge in [-0.3, -0.25) is 0 Å². The molecule has 0 aliphatic heterocycles. The van der Waals surface area contributed by atoms with E-state index in [1.54, 1.807) is 0 Å². The van der Waals surface area contributed by atoms with Crippen molar-refractivity contribution in [1.29, 1.82) is 0 Å². The van der Waals surface area contributed by atoms with Crippen LogP contribution in [0.25, 0.3) is 10.9 Å². The number of rotatable bonds is 3. The van der Waals surface area contributed by atoms with Crippen molar-refractivity contribution in [3.05, 3.63) is 36.0 Å². The second kappa shape index (κ2) is 4.09. The van der Waals surface area contributed by atoms with Crippen LogP contribution in [-0.2, 0) is 12.8 Å². The lowest BCUT2D eigenvalue weighted by molar-refractivity contribution is 0.910. The number of para-hydroxylation sites is 1. The van der Waals surface area contributed by atoms with Gasteiger partial charge in [0.2, 0.25) is 0 Å². The zero-order valence-electron chi connectivity index (χ0n) is 8.66. The Hall–Kier alpha value is -0.890. The van der Waals surface area contributed by atoms with Crippen molar-refractivity contribution < 1.29 is 0 Å². The zero-order chi connectivity index (χ0) is 9.97. The lowest BCUT2D eigenvalue weighted by Gasteiger charge is -2.02. The van der Waals surface area contributed by atoms with Crippen molar-refractivity contribution in [1.82, 2.24) is 4.57 Å². The Labute approximate surface area is 89.1 Å². The van der Waals surface area contributed by atoms with Gasteiger partial charge < -0.3 is 4.57 Å². The number of aryl methyl sites for hydroxylation is 1. The minimum atomic E-state index is 1.11. The van der Waals surface area contributed by atoms with Crippen LogP contribution in [0.5, 0.6) is 0 Å². The first kappa shape index (κ1) is 9.66. The van der Waals surface area contributed by atoms with Gasteiger partial charge >= 0.3 is 0 Å². The summed E-state index contributed by atoms with van der Waals surface area (Å²) in [6, 6.07) is 10.8.